The molecule has 0 aliphatic heterocycles. The Morgan fingerprint density at radius 1 is 1.14 bits per heavy atom. The summed E-state index contributed by atoms with van der Waals surface area (Å²) in [6, 6.07) is 13.6. The Morgan fingerprint density at radius 2 is 1.86 bits per heavy atom. The smallest absolute Gasteiger partial charge is 0.262 e. The number of carbonyl (C=O) groups excluding carboxylic acids is 1. The summed E-state index contributed by atoms with van der Waals surface area (Å²) in [7, 11) is -2.52. The Labute approximate surface area is 163 Å². The first-order valence-electron chi connectivity index (χ1n) is 8.77. The van der Waals surface area contributed by atoms with Gasteiger partial charge in [-0.25, -0.2) is 13.4 Å². The van der Waals surface area contributed by atoms with Gasteiger partial charge in [0.05, 0.1) is 23.0 Å². The number of benzene rings is 2. The maximum Gasteiger partial charge on any atom is 0.262 e. The minimum Gasteiger partial charge on any atom is -0.352 e. The van der Waals surface area contributed by atoms with Crippen molar-refractivity contribution in [1.82, 2.24) is 19.8 Å². The fourth-order valence-electron chi connectivity index (χ4n) is 2.96. The van der Waals surface area contributed by atoms with E-state index in [1.54, 1.807) is 0 Å². The SMILES string of the molecule is CONS(=O)(=O)c1ccc(C(=O)NCCCn2c(C)nc3ccccc32)cc1. The van der Waals surface area contributed by atoms with Crippen molar-refractivity contribution in [2.75, 3.05) is 13.7 Å². The lowest BCUT2D eigenvalue weighted by Gasteiger charge is -2.09. The number of imidazole rings is 1. The van der Waals surface area contributed by atoms with Crippen molar-refractivity contribution in [3.63, 3.8) is 0 Å². The molecule has 0 saturated carbocycles. The van der Waals surface area contributed by atoms with Crippen molar-refractivity contribution in [3.8, 4) is 0 Å². The first kappa shape index (κ1) is 20.0. The molecule has 28 heavy (non-hydrogen) atoms. The van der Waals surface area contributed by atoms with Gasteiger partial charge in [0.25, 0.3) is 15.9 Å². The lowest BCUT2D eigenvalue weighted by Crippen LogP contribution is -2.26. The zero-order chi connectivity index (χ0) is 20.1. The molecule has 0 atom stereocenters. The van der Waals surface area contributed by atoms with Crippen molar-refractivity contribution < 1.29 is 18.0 Å². The predicted molar refractivity (Wildman–Crippen MR) is 105 cm³/mol. The molecule has 1 heterocycles. The number of hydrogen-bond acceptors (Lipinski definition) is 5. The Bertz CT molecular complexity index is 1080. The van der Waals surface area contributed by atoms with Crippen LogP contribution in [0.4, 0.5) is 0 Å². The number of fused-ring (bicyclic) bond motifs is 1. The van der Waals surface area contributed by atoms with Gasteiger partial charge in [-0.3, -0.25) is 9.63 Å². The molecule has 0 bridgehead atoms. The van der Waals surface area contributed by atoms with Crippen molar-refractivity contribution in [1.29, 1.82) is 0 Å². The summed E-state index contributed by atoms with van der Waals surface area (Å²) in [5.41, 5.74) is 2.43. The van der Waals surface area contributed by atoms with Gasteiger partial charge in [-0.15, -0.1) is 0 Å². The Balaban J connectivity index is 1.55. The van der Waals surface area contributed by atoms with E-state index >= 15 is 0 Å². The van der Waals surface area contributed by atoms with Gasteiger partial charge < -0.3 is 9.88 Å². The highest BCUT2D eigenvalue weighted by molar-refractivity contribution is 7.89. The van der Waals surface area contributed by atoms with E-state index in [0.717, 1.165) is 29.8 Å². The molecule has 2 aromatic carbocycles. The highest BCUT2D eigenvalue weighted by Crippen LogP contribution is 2.15. The average Bonchev–Trinajstić information content (AvgIpc) is 3.00. The molecule has 1 aromatic heterocycles. The molecule has 0 aliphatic rings. The van der Waals surface area contributed by atoms with Crippen LogP contribution in [0.1, 0.15) is 22.6 Å². The van der Waals surface area contributed by atoms with Crippen LogP contribution < -0.4 is 10.2 Å². The van der Waals surface area contributed by atoms with Crippen molar-refractivity contribution in [3.05, 3.63) is 59.9 Å². The zero-order valence-corrected chi connectivity index (χ0v) is 16.5. The summed E-state index contributed by atoms with van der Waals surface area (Å²) in [5, 5.41) is 2.85. The molecule has 1 amide bonds. The lowest BCUT2D eigenvalue weighted by molar-refractivity contribution is 0.0952. The molecular weight excluding hydrogens is 380 g/mol. The highest BCUT2D eigenvalue weighted by atomic mass is 32.2. The van der Waals surface area contributed by atoms with Crippen molar-refractivity contribution in [2.45, 2.75) is 24.8 Å². The summed E-state index contributed by atoms with van der Waals surface area (Å²) in [6.07, 6.45) is 0.747. The number of rotatable bonds is 8. The molecule has 8 nitrogen and oxygen atoms in total. The van der Waals surface area contributed by atoms with Crippen LogP contribution in [-0.4, -0.2) is 37.5 Å². The fourth-order valence-corrected chi connectivity index (χ4v) is 3.77. The number of aromatic nitrogens is 2. The second kappa shape index (κ2) is 8.51. The molecule has 0 radical (unpaired) electrons. The summed E-state index contributed by atoms with van der Waals surface area (Å²) in [6.45, 7) is 3.20. The fraction of sp³-hybridized carbons (Fsp3) is 0.263. The molecule has 0 saturated heterocycles. The lowest BCUT2D eigenvalue weighted by atomic mass is 10.2. The molecule has 3 aromatic rings. The van der Waals surface area contributed by atoms with E-state index in [1.807, 2.05) is 36.1 Å². The van der Waals surface area contributed by atoms with Gasteiger partial charge in [-0.05, 0) is 49.7 Å². The van der Waals surface area contributed by atoms with Gasteiger partial charge in [0.1, 0.15) is 5.82 Å². The molecule has 2 N–H and O–H groups in total. The largest absolute Gasteiger partial charge is 0.352 e. The number of nitrogens with zero attached hydrogens (tertiary/aromatic N) is 2. The van der Waals surface area contributed by atoms with Crippen LogP contribution in [0.15, 0.2) is 53.4 Å². The maximum atomic E-state index is 12.3. The monoisotopic (exact) mass is 402 g/mol. The van der Waals surface area contributed by atoms with Crippen LogP contribution >= 0.6 is 0 Å². The van der Waals surface area contributed by atoms with Gasteiger partial charge in [0.15, 0.2) is 0 Å². The van der Waals surface area contributed by atoms with Crippen LogP contribution in [0.25, 0.3) is 11.0 Å². The third-order valence-electron chi connectivity index (χ3n) is 4.31. The quantitative estimate of drug-likeness (QED) is 0.443. The third kappa shape index (κ3) is 4.38. The minimum absolute atomic E-state index is 0.0216. The van der Waals surface area contributed by atoms with Crippen LogP contribution in [0.5, 0.6) is 0 Å². The molecule has 3 rings (SSSR count). The van der Waals surface area contributed by atoms with E-state index in [0.29, 0.717) is 12.1 Å². The van der Waals surface area contributed by atoms with Crippen molar-refractivity contribution >= 4 is 27.0 Å². The van der Waals surface area contributed by atoms with Crippen LogP contribution in [0.3, 0.4) is 0 Å². The number of nitrogens with one attached hydrogen (secondary N) is 2. The van der Waals surface area contributed by atoms with Gasteiger partial charge in [0, 0.05) is 18.7 Å². The topological polar surface area (TPSA) is 102 Å². The molecular formula is C19H22N4O4S. The van der Waals surface area contributed by atoms with E-state index in [1.165, 1.54) is 31.4 Å². The van der Waals surface area contributed by atoms with E-state index in [4.69, 9.17) is 0 Å². The highest BCUT2D eigenvalue weighted by Gasteiger charge is 2.14. The number of sulfonamides is 1. The van der Waals surface area contributed by atoms with E-state index < -0.39 is 10.0 Å². The van der Waals surface area contributed by atoms with Crippen molar-refractivity contribution in [2.24, 2.45) is 0 Å². The Kier molecular flexibility index (Phi) is 6.08. The number of hydrogen-bond donors (Lipinski definition) is 2. The summed E-state index contributed by atoms with van der Waals surface area (Å²) in [5.74, 6) is 0.685. The van der Waals surface area contributed by atoms with Crippen LogP contribution in [-0.2, 0) is 21.4 Å². The number of amides is 1. The first-order valence-corrected chi connectivity index (χ1v) is 10.3. The predicted octanol–water partition coefficient (Wildman–Crippen LogP) is 2.00. The molecule has 148 valence electrons. The standard InChI is InChI=1S/C19H22N4O4S/c1-14-21-17-6-3-4-7-18(17)23(14)13-5-12-20-19(24)15-8-10-16(11-9-15)28(25,26)22-27-2/h3-4,6-11,22H,5,12-13H2,1-2H3,(H,20,24). The second-order valence-electron chi connectivity index (χ2n) is 6.22. The van der Waals surface area contributed by atoms with Gasteiger partial charge >= 0.3 is 0 Å². The van der Waals surface area contributed by atoms with Gasteiger partial charge in [0.2, 0.25) is 0 Å². The third-order valence-corrected chi connectivity index (χ3v) is 5.59. The Hall–Kier alpha value is -2.75. The zero-order valence-electron chi connectivity index (χ0n) is 15.7. The van der Waals surface area contributed by atoms with Crippen LogP contribution in [0.2, 0.25) is 0 Å². The Morgan fingerprint density at radius 3 is 2.57 bits per heavy atom. The van der Waals surface area contributed by atoms with E-state index in [9.17, 15) is 13.2 Å². The van der Waals surface area contributed by atoms with E-state index in [-0.39, 0.29) is 10.8 Å². The molecule has 0 unspecified atom stereocenters. The van der Waals surface area contributed by atoms with E-state index in [2.05, 4.69) is 19.7 Å². The average molecular weight is 402 g/mol. The molecule has 0 aliphatic carbocycles. The van der Waals surface area contributed by atoms with Crippen LogP contribution in [0, 0.1) is 6.92 Å². The first-order chi connectivity index (χ1) is 13.4. The minimum atomic E-state index is -3.73. The summed E-state index contributed by atoms with van der Waals surface area (Å²) in [4.78, 5) is 23.2. The summed E-state index contributed by atoms with van der Waals surface area (Å²) < 4.78 is 25.8. The molecule has 9 heteroatoms. The molecule has 0 fully saturated rings. The second-order valence-corrected chi connectivity index (χ2v) is 7.87. The normalized spacial score (nSPS) is 11.6. The summed E-state index contributed by atoms with van der Waals surface area (Å²) >= 11 is 0. The molecule has 0 spiro atoms. The number of carbonyl (C=O) groups is 1. The number of para-hydroxylation sites is 2. The van der Waals surface area contributed by atoms with Gasteiger partial charge in [-0.2, -0.15) is 0 Å². The maximum absolute atomic E-state index is 12.3. The number of aryl methyl sites for hydroxylation is 2. The van der Waals surface area contributed by atoms with Gasteiger partial charge in [-0.1, -0.05) is 17.0 Å².